The van der Waals surface area contributed by atoms with Gasteiger partial charge in [-0.1, -0.05) is 25.1 Å². The highest BCUT2D eigenvalue weighted by Gasteiger charge is 2.19. The second kappa shape index (κ2) is 6.75. The van der Waals surface area contributed by atoms with Crippen molar-refractivity contribution in [2.24, 2.45) is 5.84 Å². The monoisotopic (exact) mass is 324 g/mol. The molecule has 1 atom stereocenters. The van der Waals surface area contributed by atoms with Crippen molar-refractivity contribution in [1.29, 1.82) is 0 Å². The molecule has 1 aromatic heterocycles. The number of nitrogens with two attached hydrogens (primary N) is 1. The Labute approximate surface area is 121 Å². The minimum atomic E-state index is -0.237. The average Bonchev–Trinajstić information content (AvgIpc) is 2.85. The molecular formula is C14H17BrN2O2. The zero-order valence-corrected chi connectivity index (χ0v) is 12.3. The highest BCUT2D eigenvalue weighted by atomic mass is 79.9. The van der Waals surface area contributed by atoms with Crippen LogP contribution in [0, 0.1) is 0 Å². The van der Waals surface area contributed by atoms with E-state index in [1.54, 1.807) is 0 Å². The number of halogens is 1. The number of furan rings is 1. The second-order valence-electron chi connectivity index (χ2n) is 4.13. The van der Waals surface area contributed by atoms with E-state index in [4.69, 9.17) is 15.0 Å². The zero-order chi connectivity index (χ0) is 13.7. The summed E-state index contributed by atoms with van der Waals surface area (Å²) in [7, 11) is 0. The summed E-state index contributed by atoms with van der Waals surface area (Å²) in [5.74, 6) is 7.22. The third kappa shape index (κ3) is 3.37. The number of ether oxygens (including phenoxy) is 1. The molecule has 0 saturated carbocycles. The summed E-state index contributed by atoms with van der Waals surface area (Å²) in [6.07, 6.45) is 0.960. The summed E-state index contributed by atoms with van der Waals surface area (Å²) in [6.45, 7) is 2.75. The molecule has 0 aliphatic rings. The van der Waals surface area contributed by atoms with Crippen molar-refractivity contribution in [3.05, 3.63) is 52.4 Å². The molecule has 1 unspecified atom stereocenters. The lowest BCUT2D eigenvalue weighted by atomic mass is 10.0. The summed E-state index contributed by atoms with van der Waals surface area (Å²) in [5, 5.41) is 0. The molecule has 0 spiro atoms. The van der Waals surface area contributed by atoms with Crippen LogP contribution in [0.15, 0.2) is 45.5 Å². The Morgan fingerprint density at radius 2 is 2.11 bits per heavy atom. The third-order valence-corrected chi connectivity index (χ3v) is 3.16. The molecule has 3 N–H and O–H groups in total. The Morgan fingerprint density at radius 3 is 2.74 bits per heavy atom. The lowest BCUT2D eigenvalue weighted by Gasteiger charge is -2.18. The van der Waals surface area contributed by atoms with E-state index in [1.807, 2.05) is 36.4 Å². The second-order valence-corrected chi connectivity index (χ2v) is 4.91. The first-order valence-corrected chi connectivity index (χ1v) is 6.98. The molecule has 102 valence electrons. The molecule has 0 aliphatic carbocycles. The maximum Gasteiger partial charge on any atom is 0.169 e. The Morgan fingerprint density at radius 1 is 1.32 bits per heavy atom. The summed E-state index contributed by atoms with van der Waals surface area (Å²) in [6, 6.07) is 11.3. The van der Waals surface area contributed by atoms with Crippen molar-refractivity contribution < 1.29 is 9.15 Å². The summed E-state index contributed by atoms with van der Waals surface area (Å²) < 4.78 is 12.0. The molecular weight excluding hydrogens is 308 g/mol. The molecule has 0 aliphatic heterocycles. The average molecular weight is 325 g/mol. The van der Waals surface area contributed by atoms with Gasteiger partial charge in [0, 0.05) is 5.56 Å². The molecule has 0 amide bonds. The summed E-state index contributed by atoms with van der Waals surface area (Å²) in [4.78, 5) is 0. The van der Waals surface area contributed by atoms with Crippen LogP contribution in [0.2, 0.25) is 0 Å². The van der Waals surface area contributed by atoms with Gasteiger partial charge in [0.05, 0.1) is 6.61 Å². The normalized spacial score (nSPS) is 12.4. The van der Waals surface area contributed by atoms with Crippen LogP contribution in [0.25, 0.3) is 0 Å². The quantitative estimate of drug-likeness (QED) is 0.631. The van der Waals surface area contributed by atoms with Gasteiger partial charge in [-0.15, -0.1) is 0 Å². The Balaban J connectivity index is 2.32. The molecule has 2 rings (SSSR count). The van der Waals surface area contributed by atoms with Crippen LogP contribution in [0.5, 0.6) is 5.75 Å². The van der Waals surface area contributed by atoms with Crippen LogP contribution in [-0.2, 0) is 0 Å². The number of hydrogen-bond acceptors (Lipinski definition) is 4. The fourth-order valence-electron chi connectivity index (χ4n) is 1.87. The van der Waals surface area contributed by atoms with Gasteiger partial charge in [-0.2, -0.15) is 0 Å². The number of para-hydroxylation sites is 1. The minimum Gasteiger partial charge on any atom is -0.493 e. The van der Waals surface area contributed by atoms with E-state index >= 15 is 0 Å². The van der Waals surface area contributed by atoms with Crippen molar-refractivity contribution in [1.82, 2.24) is 5.43 Å². The predicted octanol–water partition coefficient (Wildman–Crippen LogP) is 3.38. The van der Waals surface area contributed by atoms with Gasteiger partial charge in [0.2, 0.25) is 0 Å². The molecule has 1 heterocycles. The van der Waals surface area contributed by atoms with Gasteiger partial charge in [-0.3, -0.25) is 5.84 Å². The topological polar surface area (TPSA) is 60.4 Å². The standard InChI is InChI=1S/C14H17BrN2O2/c1-2-9-18-11-6-4-3-5-10(11)14(17-16)12-7-8-13(15)19-12/h3-8,14,17H,2,9,16H2,1H3. The van der Waals surface area contributed by atoms with Crippen molar-refractivity contribution in [2.45, 2.75) is 19.4 Å². The van der Waals surface area contributed by atoms with E-state index in [0.717, 1.165) is 23.5 Å². The lowest BCUT2D eigenvalue weighted by molar-refractivity contribution is 0.309. The Bertz CT molecular complexity index is 528. The van der Waals surface area contributed by atoms with Gasteiger partial charge in [-0.25, -0.2) is 5.43 Å². The van der Waals surface area contributed by atoms with Crippen molar-refractivity contribution in [3.8, 4) is 5.75 Å². The number of benzene rings is 1. The van der Waals surface area contributed by atoms with E-state index in [9.17, 15) is 0 Å². The molecule has 5 heteroatoms. The Hall–Kier alpha value is -1.30. The van der Waals surface area contributed by atoms with E-state index < -0.39 is 0 Å². The van der Waals surface area contributed by atoms with Crippen LogP contribution in [0.4, 0.5) is 0 Å². The summed E-state index contributed by atoms with van der Waals surface area (Å²) in [5.41, 5.74) is 3.73. The van der Waals surface area contributed by atoms with E-state index in [2.05, 4.69) is 28.3 Å². The van der Waals surface area contributed by atoms with Crippen LogP contribution in [0.3, 0.4) is 0 Å². The van der Waals surface area contributed by atoms with E-state index in [-0.39, 0.29) is 6.04 Å². The molecule has 2 aromatic rings. The van der Waals surface area contributed by atoms with Crippen molar-refractivity contribution in [2.75, 3.05) is 6.61 Å². The first kappa shape index (κ1) is 14.1. The van der Waals surface area contributed by atoms with E-state index in [0.29, 0.717) is 11.3 Å². The molecule has 4 nitrogen and oxygen atoms in total. The fourth-order valence-corrected chi connectivity index (χ4v) is 2.19. The first-order valence-electron chi connectivity index (χ1n) is 6.19. The number of hydrogen-bond donors (Lipinski definition) is 2. The summed E-state index contributed by atoms with van der Waals surface area (Å²) >= 11 is 3.30. The van der Waals surface area contributed by atoms with Gasteiger partial charge in [0.15, 0.2) is 4.67 Å². The first-order chi connectivity index (χ1) is 9.26. The largest absolute Gasteiger partial charge is 0.493 e. The van der Waals surface area contributed by atoms with Crippen molar-refractivity contribution >= 4 is 15.9 Å². The van der Waals surface area contributed by atoms with Gasteiger partial charge in [0.25, 0.3) is 0 Å². The fraction of sp³-hybridized carbons (Fsp3) is 0.286. The van der Waals surface area contributed by atoms with Gasteiger partial charge in [-0.05, 0) is 40.5 Å². The highest BCUT2D eigenvalue weighted by molar-refractivity contribution is 9.10. The minimum absolute atomic E-state index is 0.237. The molecule has 0 fully saturated rings. The van der Waals surface area contributed by atoms with Crippen LogP contribution in [-0.4, -0.2) is 6.61 Å². The van der Waals surface area contributed by atoms with Crippen LogP contribution < -0.4 is 16.0 Å². The van der Waals surface area contributed by atoms with Crippen LogP contribution >= 0.6 is 15.9 Å². The van der Waals surface area contributed by atoms with E-state index in [1.165, 1.54) is 0 Å². The molecule has 0 bridgehead atoms. The van der Waals surface area contributed by atoms with Gasteiger partial charge < -0.3 is 9.15 Å². The molecule has 0 saturated heterocycles. The molecule has 1 aromatic carbocycles. The molecule has 0 radical (unpaired) electrons. The number of nitrogens with one attached hydrogen (secondary N) is 1. The zero-order valence-electron chi connectivity index (χ0n) is 10.7. The Kier molecular flexibility index (Phi) is 5.01. The SMILES string of the molecule is CCCOc1ccccc1C(NN)c1ccc(Br)o1. The lowest BCUT2D eigenvalue weighted by Crippen LogP contribution is -2.29. The maximum absolute atomic E-state index is 5.75. The molecule has 19 heavy (non-hydrogen) atoms. The van der Waals surface area contributed by atoms with Gasteiger partial charge >= 0.3 is 0 Å². The number of hydrazine groups is 1. The van der Waals surface area contributed by atoms with Gasteiger partial charge in [0.1, 0.15) is 17.6 Å². The van der Waals surface area contributed by atoms with Crippen LogP contribution in [0.1, 0.15) is 30.7 Å². The smallest absolute Gasteiger partial charge is 0.169 e. The predicted molar refractivity (Wildman–Crippen MR) is 77.8 cm³/mol. The highest BCUT2D eigenvalue weighted by Crippen LogP contribution is 2.31. The third-order valence-electron chi connectivity index (χ3n) is 2.74. The van der Waals surface area contributed by atoms with Crippen molar-refractivity contribution in [3.63, 3.8) is 0 Å². The maximum atomic E-state index is 5.75. The number of rotatable bonds is 6.